The van der Waals surface area contributed by atoms with Crippen molar-refractivity contribution in [1.82, 2.24) is 9.97 Å². The van der Waals surface area contributed by atoms with E-state index in [9.17, 15) is 23.1 Å². The average Bonchev–Trinajstić information content (AvgIpc) is 2.71. The van der Waals surface area contributed by atoms with E-state index < -0.39 is 29.3 Å². The van der Waals surface area contributed by atoms with Crippen LogP contribution < -0.4 is 5.73 Å². The van der Waals surface area contributed by atoms with Crippen molar-refractivity contribution in [2.75, 3.05) is 5.73 Å². The molecule has 2 heterocycles. The second-order valence-corrected chi connectivity index (χ2v) is 6.43. The third-order valence-corrected chi connectivity index (χ3v) is 4.41. The van der Waals surface area contributed by atoms with E-state index in [4.69, 9.17) is 5.73 Å². The van der Waals surface area contributed by atoms with Crippen molar-refractivity contribution < 1.29 is 23.1 Å². The molecule has 1 aromatic carbocycles. The monoisotopic (exact) mass is 401 g/mol. The number of nitrogen functional groups attached to an aromatic ring is 1. The van der Waals surface area contributed by atoms with Crippen molar-refractivity contribution >= 4 is 11.6 Å². The highest BCUT2D eigenvalue weighted by atomic mass is 19.4. The Labute approximate surface area is 165 Å². The van der Waals surface area contributed by atoms with Gasteiger partial charge >= 0.3 is 6.18 Å². The van der Waals surface area contributed by atoms with Gasteiger partial charge in [-0.15, -0.1) is 0 Å². The number of ketones is 1. The fourth-order valence-corrected chi connectivity index (χ4v) is 2.90. The van der Waals surface area contributed by atoms with Crippen LogP contribution in [-0.4, -0.2) is 20.9 Å². The molecule has 1 atom stereocenters. The summed E-state index contributed by atoms with van der Waals surface area (Å²) in [4.78, 5) is 20.4. The molecule has 0 fully saturated rings. The number of nitrogens with zero attached hydrogens (tertiary/aromatic N) is 2. The zero-order valence-electron chi connectivity index (χ0n) is 15.2. The molecule has 8 heteroatoms. The predicted octanol–water partition coefficient (Wildman–Crippen LogP) is 3.97. The fourth-order valence-electron chi connectivity index (χ4n) is 2.90. The normalized spacial score (nSPS) is 12.6. The molecular formula is C21H18F3N3O2. The van der Waals surface area contributed by atoms with Crippen LogP contribution in [0.5, 0.6) is 0 Å². The molecule has 0 saturated carbocycles. The number of nitrogens with two attached hydrogens (primary N) is 1. The van der Waals surface area contributed by atoms with Gasteiger partial charge in [-0.3, -0.25) is 4.79 Å². The highest BCUT2D eigenvalue weighted by Gasteiger charge is 2.37. The largest absolute Gasteiger partial charge is 0.418 e. The van der Waals surface area contributed by atoms with Crippen LogP contribution in [-0.2, 0) is 12.6 Å². The average molecular weight is 401 g/mol. The quantitative estimate of drug-likeness (QED) is 0.610. The number of hydrogen-bond donors (Lipinski definition) is 2. The van der Waals surface area contributed by atoms with Crippen molar-refractivity contribution in [2.24, 2.45) is 0 Å². The molecule has 0 amide bonds. The fraction of sp³-hybridized carbons (Fsp3) is 0.190. The van der Waals surface area contributed by atoms with Gasteiger partial charge in [-0.1, -0.05) is 30.3 Å². The van der Waals surface area contributed by atoms with Gasteiger partial charge in [0.2, 0.25) is 5.78 Å². The molecule has 0 saturated heterocycles. The first-order valence-electron chi connectivity index (χ1n) is 8.82. The van der Waals surface area contributed by atoms with Gasteiger partial charge in [-0.2, -0.15) is 13.2 Å². The number of aliphatic hydroxyl groups is 1. The van der Waals surface area contributed by atoms with Crippen molar-refractivity contribution in [2.45, 2.75) is 25.1 Å². The molecular weight excluding hydrogens is 383 g/mol. The maximum atomic E-state index is 13.4. The molecule has 3 rings (SSSR count). The Balaban J connectivity index is 1.90. The van der Waals surface area contributed by atoms with Crippen LogP contribution in [0.4, 0.5) is 19.0 Å². The number of rotatable bonds is 6. The van der Waals surface area contributed by atoms with E-state index in [1.165, 1.54) is 24.4 Å². The summed E-state index contributed by atoms with van der Waals surface area (Å²) in [6.07, 6.45) is -3.78. The number of aryl methyl sites for hydroxylation is 1. The zero-order chi connectivity index (χ0) is 21.0. The number of aliphatic hydroxyl groups excluding tert-OH is 1. The molecule has 0 aliphatic heterocycles. The lowest BCUT2D eigenvalue weighted by molar-refractivity contribution is -0.138. The third-order valence-electron chi connectivity index (χ3n) is 4.41. The summed E-state index contributed by atoms with van der Waals surface area (Å²) in [5.74, 6) is -1.12. The second kappa shape index (κ2) is 8.40. The Morgan fingerprint density at radius 3 is 2.45 bits per heavy atom. The number of hydrogen-bond acceptors (Lipinski definition) is 5. The van der Waals surface area contributed by atoms with Crippen LogP contribution in [0.3, 0.4) is 0 Å². The van der Waals surface area contributed by atoms with E-state index in [-0.39, 0.29) is 29.9 Å². The van der Waals surface area contributed by atoms with Gasteiger partial charge in [0.05, 0.1) is 17.2 Å². The van der Waals surface area contributed by atoms with Crippen LogP contribution in [0.1, 0.15) is 45.4 Å². The number of halogens is 3. The van der Waals surface area contributed by atoms with Crippen molar-refractivity contribution in [3.63, 3.8) is 0 Å². The molecule has 2 aromatic heterocycles. The smallest absolute Gasteiger partial charge is 0.388 e. The standard InChI is InChI=1S/C21H18F3N3O2/c22-21(23,24)16-10-8-14(9-11-17(28)13-5-2-1-3-6-13)27-18(16)19(29)15-7-4-12-26-20(15)25/h1-8,10,12,17,28H,9,11H2,(H2,25,26)/t17-/m1/s1. The molecule has 0 spiro atoms. The summed E-state index contributed by atoms with van der Waals surface area (Å²) in [5, 5.41) is 10.3. The lowest BCUT2D eigenvalue weighted by atomic mass is 10.0. The summed E-state index contributed by atoms with van der Waals surface area (Å²) in [6, 6.07) is 13.6. The lowest BCUT2D eigenvalue weighted by Crippen LogP contribution is -2.18. The highest BCUT2D eigenvalue weighted by molar-refractivity contribution is 6.11. The predicted molar refractivity (Wildman–Crippen MR) is 101 cm³/mol. The van der Waals surface area contributed by atoms with Crippen molar-refractivity contribution in [3.8, 4) is 0 Å². The number of benzene rings is 1. The minimum absolute atomic E-state index is 0.146. The van der Waals surface area contributed by atoms with Gasteiger partial charge in [-0.05, 0) is 42.7 Å². The van der Waals surface area contributed by atoms with E-state index in [1.807, 2.05) is 6.07 Å². The van der Waals surface area contributed by atoms with Gasteiger partial charge < -0.3 is 10.8 Å². The number of pyridine rings is 2. The van der Waals surface area contributed by atoms with Gasteiger partial charge in [0.1, 0.15) is 11.5 Å². The second-order valence-electron chi connectivity index (χ2n) is 6.43. The molecule has 0 radical (unpaired) electrons. The summed E-state index contributed by atoms with van der Waals surface area (Å²) < 4.78 is 40.2. The lowest BCUT2D eigenvalue weighted by Gasteiger charge is -2.14. The number of alkyl halides is 3. The number of anilines is 1. The highest BCUT2D eigenvalue weighted by Crippen LogP contribution is 2.33. The van der Waals surface area contributed by atoms with Crippen LogP contribution >= 0.6 is 0 Å². The minimum atomic E-state index is -4.75. The van der Waals surface area contributed by atoms with Crippen LogP contribution in [0.25, 0.3) is 0 Å². The van der Waals surface area contributed by atoms with Crippen LogP contribution in [0, 0.1) is 0 Å². The number of carbonyl (C=O) groups excluding carboxylic acids is 1. The number of carbonyl (C=O) groups is 1. The molecule has 3 N–H and O–H groups in total. The van der Waals surface area contributed by atoms with E-state index >= 15 is 0 Å². The summed E-state index contributed by atoms with van der Waals surface area (Å²) in [5.41, 5.74) is 4.58. The first-order valence-corrected chi connectivity index (χ1v) is 8.82. The minimum Gasteiger partial charge on any atom is -0.388 e. The molecule has 3 aromatic rings. The Bertz CT molecular complexity index is 1010. The topological polar surface area (TPSA) is 89.1 Å². The maximum absolute atomic E-state index is 13.4. The molecule has 0 unspecified atom stereocenters. The Kier molecular flexibility index (Phi) is 5.93. The van der Waals surface area contributed by atoms with Gasteiger partial charge in [-0.25, -0.2) is 9.97 Å². The molecule has 0 bridgehead atoms. The van der Waals surface area contributed by atoms with Gasteiger partial charge in [0.25, 0.3) is 0 Å². The van der Waals surface area contributed by atoms with Crippen molar-refractivity contribution in [1.29, 1.82) is 0 Å². The molecule has 29 heavy (non-hydrogen) atoms. The van der Waals surface area contributed by atoms with Crippen molar-refractivity contribution in [3.05, 3.63) is 88.9 Å². The maximum Gasteiger partial charge on any atom is 0.418 e. The summed E-state index contributed by atoms with van der Waals surface area (Å²) >= 11 is 0. The van der Waals surface area contributed by atoms with Crippen LogP contribution in [0.2, 0.25) is 0 Å². The Morgan fingerprint density at radius 2 is 1.79 bits per heavy atom. The van der Waals surface area contributed by atoms with Gasteiger partial charge in [0.15, 0.2) is 0 Å². The Hall–Kier alpha value is -3.26. The summed E-state index contributed by atoms with van der Waals surface area (Å²) in [6.45, 7) is 0. The third kappa shape index (κ3) is 4.78. The first kappa shape index (κ1) is 20.5. The molecule has 150 valence electrons. The van der Waals surface area contributed by atoms with E-state index in [1.54, 1.807) is 24.3 Å². The summed E-state index contributed by atoms with van der Waals surface area (Å²) in [7, 11) is 0. The molecule has 5 nitrogen and oxygen atoms in total. The van der Waals surface area contributed by atoms with E-state index in [2.05, 4.69) is 9.97 Å². The SMILES string of the molecule is Nc1ncccc1C(=O)c1nc(CC[C@@H](O)c2ccccc2)ccc1C(F)(F)F. The van der Waals surface area contributed by atoms with Gasteiger partial charge in [0, 0.05) is 11.9 Å². The Morgan fingerprint density at radius 1 is 1.07 bits per heavy atom. The zero-order valence-corrected chi connectivity index (χ0v) is 15.2. The van der Waals surface area contributed by atoms with E-state index in [0.29, 0.717) is 5.56 Å². The molecule has 0 aliphatic rings. The first-order chi connectivity index (χ1) is 13.8. The number of aromatic nitrogens is 2. The van der Waals surface area contributed by atoms with E-state index in [0.717, 1.165) is 6.07 Å². The molecule has 0 aliphatic carbocycles. The van der Waals surface area contributed by atoms with Crippen LogP contribution in [0.15, 0.2) is 60.8 Å².